The number of benzene rings is 1. The van der Waals surface area contributed by atoms with E-state index < -0.39 is 5.97 Å². The van der Waals surface area contributed by atoms with Crippen molar-refractivity contribution in [2.45, 2.75) is 51.3 Å². The number of anilines is 1. The first-order valence-corrected chi connectivity index (χ1v) is 12.9. The maximum atomic E-state index is 12.7. The number of methoxy groups -OCH3 is 1. The highest BCUT2D eigenvalue weighted by Crippen LogP contribution is 2.38. The number of ether oxygens (including phenoxy) is 2. The summed E-state index contributed by atoms with van der Waals surface area (Å²) in [7, 11) is 3.22. The van der Waals surface area contributed by atoms with Crippen molar-refractivity contribution in [2.24, 2.45) is 7.05 Å². The number of esters is 1. The summed E-state index contributed by atoms with van der Waals surface area (Å²) in [6.45, 7) is 4.34. The maximum absolute atomic E-state index is 12.7. The zero-order valence-corrected chi connectivity index (χ0v) is 21.4. The predicted molar refractivity (Wildman–Crippen MR) is 133 cm³/mol. The number of carbonyl (C=O) groups excluding carboxylic acids is 2. The minimum Gasteiger partial charge on any atom is -0.486 e. The quantitative estimate of drug-likeness (QED) is 0.360. The van der Waals surface area contributed by atoms with Crippen molar-refractivity contribution >= 4 is 40.0 Å². The molecule has 3 aromatic rings. The van der Waals surface area contributed by atoms with Crippen LogP contribution in [0.4, 0.5) is 5.00 Å². The second-order valence-electron chi connectivity index (χ2n) is 8.31. The molecule has 8 nitrogen and oxygen atoms in total. The Morgan fingerprint density at radius 1 is 1.15 bits per heavy atom. The minimum absolute atomic E-state index is 0.146. The van der Waals surface area contributed by atoms with Crippen molar-refractivity contribution in [3.63, 3.8) is 0 Å². The van der Waals surface area contributed by atoms with Crippen LogP contribution in [0.5, 0.6) is 5.75 Å². The van der Waals surface area contributed by atoms with Gasteiger partial charge < -0.3 is 19.4 Å². The van der Waals surface area contributed by atoms with E-state index in [0.29, 0.717) is 21.5 Å². The molecule has 34 heavy (non-hydrogen) atoms. The highest BCUT2D eigenvalue weighted by molar-refractivity contribution is 7.99. The second-order valence-corrected chi connectivity index (χ2v) is 10.4. The van der Waals surface area contributed by atoms with E-state index in [4.69, 9.17) is 9.47 Å². The van der Waals surface area contributed by atoms with Crippen LogP contribution in [0, 0.1) is 13.8 Å². The fourth-order valence-electron chi connectivity index (χ4n) is 4.03. The summed E-state index contributed by atoms with van der Waals surface area (Å²) in [5.74, 6) is 0.997. The number of carbonyl (C=O) groups is 2. The van der Waals surface area contributed by atoms with Crippen molar-refractivity contribution in [1.29, 1.82) is 0 Å². The van der Waals surface area contributed by atoms with E-state index in [1.165, 1.54) is 30.2 Å². The second kappa shape index (κ2) is 10.6. The topological polar surface area (TPSA) is 95.3 Å². The third kappa shape index (κ3) is 5.44. The summed E-state index contributed by atoms with van der Waals surface area (Å²) >= 11 is 2.76. The summed E-state index contributed by atoms with van der Waals surface area (Å²) in [6.07, 6.45) is 3.91. The fourth-order valence-corrected chi connectivity index (χ4v) is 6.05. The number of amides is 1. The van der Waals surface area contributed by atoms with Gasteiger partial charge in [-0.15, -0.1) is 21.5 Å². The number of thiophene rings is 1. The third-order valence-corrected chi connectivity index (χ3v) is 7.86. The molecular formula is C24H28N4O4S2. The van der Waals surface area contributed by atoms with Crippen LogP contribution in [0.2, 0.25) is 0 Å². The molecule has 1 aromatic carbocycles. The predicted octanol–water partition coefficient (Wildman–Crippen LogP) is 4.47. The number of aromatic nitrogens is 3. The first kappa shape index (κ1) is 24.3. The molecule has 180 valence electrons. The lowest BCUT2D eigenvalue weighted by atomic mass is 9.95. The Labute approximate surface area is 207 Å². The van der Waals surface area contributed by atoms with Crippen LogP contribution in [0.3, 0.4) is 0 Å². The van der Waals surface area contributed by atoms with Crippen molar-refractivity contribution in [3.05, 3.63) is 51.2 Å². The van der Waals surface area contributed by atoms with Gasteiger partial charge in [0.05, 0.1) is 18.4 Å². The minimum atomic E-state index is -0.399. The SMILES string of the molecule is COC(=O)c1c(NC(=O)CSc2nnc(COc3cc(C)cc(C)c3)n2C)sc2c1CCCC2. The number of thioether (sulfide) groups is 1. The number of rotatable bonds is 8. The monoisotopic (exact) mass is 500 g/mol. The van der Waals surface area contributed by atoms with Gasteiger partial charge >= 0.3 is 5.97 Å². The fraction of sp³-hybridized carbons (Fsp3) is 0.417. The van der Waals surface area contributed by atoms with Crippen LogP contribution in [-0.4, -0.2) is 39.5 Å². The summed E-state index contributed by atoms with van der Waals surface area (Å²) in [5.41, 5.74) is 3.80. The molecule has 0 atom stereocenters. The number of aryl methyl sites for hydroxylation is 3. The molecule has 0 saturated carbocycles. The lowest BCUT2D eigenvalue weighted by Gasteiger charge is -2.11. The number of hydrogen-bond donors (Lipinski definition) is 1. The smallest absolute Gasteiger partial charge is 0.341 e. The van der Waals surface area contributed by atoms with Crippen LogP contribution >= 0.6 is 23.1 Å². The Morgan fingerprint density at radius 3 is 2.62 bits per heavy atom. The van der Waals surface area contributed by atoms with E-state index >= 15 is 0 Å². The first-order chi connectivity index (χ1) is 16.4. The molecule has 1 aliphatic rings. The number of fused-ring (bicyclic) bond motifs is 1. The first-order valence-electron chi connectivity index (χ1n) is 11.1. The molecule has 1 aliphatic carbocycles. The molecule has 0 saturated heterocycles. The molecule has 0 unspecified atom stereocenters. The molecule has 2 aromatic heterocycles. The third-order valence-electron chi connectivity index (χ3n) is 5.63. The van der Waals surface area contributed by atoms with Crippen molar-refractivity contribution < 1.29 is 19.1 Å². The molecule has 0 fully saturated rings. The average Bonchev–Trinajstić information content (AvgIpc) is 3.34. The number of nitrogens with one attached hydrogen (secondary N) is 1. The van der Waals surface area contributed by atoms with Gasteiger partial charge in [-0.05, 0) is 68.4 Å². The molecule has 0 spiro atoms. The van der Waals surface area contributed by atoms with Gasteiger partial charge in [0.1, 0.15) is 17.4 Å². The highest BCUT2D eigenvalue weighted by atomic mass is 32.2. The summed E-state index contributed by atoms with van der Waals surface area (Å²) < 4.78 is 12.7. The molecule has 4 rings (SSSR count). The zero-order valence-electron chi connectivity index (χ0n) is 19.8. The summed E-state index contributed by atoms with van der Waals surface area (Å²) in [6, 6.07) is 6.05. The highest BCUT2D eigenvalue weighted by Gasteiger charge is 2.27. The summed E-state index contributed by atoms with van der Waals surface area (Å²) in [4.78, 5) is 26.2. The van der Waals surface area contributed by atoms with Crippen LogP contribution < -0.4 is 10.1 Å². The molecule has 1 N–H and O–H groups in total. The van der Waals surface area contributed by atoms with Crippen molar-refractivity contribution in [3.8, 4) is 5.75 Å². The molecule has 0 bridgehead atoms. The molecular weight excluding hydrogens is 472 g/mol. The van der Waals surface area contributed by atoms with Gasteiger partial charge in [-0.25, -0.2) is 4.79 Å². The lowest BCUT2D eigenvalue weighted by molar-refractivity contribution is -0.113. The molecule has 0 radical (unpaired) electrons. The Bertz CT molecular complexity index is 1200. The summed E-state index contributed by atoms with van der Waals surface area (Å²) in [5, 5.41) is 12.5. The molecule has 0 aliphatic heterocycles. The van der Waals surface area contributed by atoms with Gasteiger partial charge in [0.15, 0.2) is 11.0 Å². The molecule has 2 heterocycles. The zero-order chi connectivity index (χ0) is 24.2. The van der Waals surface area contributed by atoms with Gasteiger partial charge in [-0.1, -0.05) is 17.8 Å². The Kier molecular flexibility index (Phi) is 7.57. The lowest BCUT2D eigenvalue weighted by Crippen LogP contribution is -2.17. The standard InChI is InChI=1S/C24H28N4O4S2/c1-14-9-15(2)11-16(10-14)32-12-19-26-27-24(28(19)3)33-13-20(29)25-22-21(23(30)31-4)17-7-5-6-8-18(17)34-22/h9-11H,5-8,12-13H2,1-4H3,(H,25,29). The van der Waals surface area contributed by atoms with Crippen molar-refractivity contribution in [2.75, 3.05) is 18.2 Å². The van der Waals surface area contributed by atoms with Crippen LogP contribution in [0.25, 0.3) is 0 Å². The maximum Gasteiger partial charge on any atom is 0.341 e. The molecule has 10 heteroatoms. The Balaban J connectivity index is 1.37. The van der Waals surface area contributed by atoms with E-state index in [-0.39, 0.29) is 18.3 Å². The molecule has 1 amide bonds. The largest absolute Gasteiger partial charge is 0.486 e. The Hall–Kier alpha value is -2.85. The van der Waals surface area contributed by atoms with Gasteiger partial charge in [0.2, 0.25) is 5.91 Å². The normalized spacial score (nSPS) is 12.8. The van der Waals surface area contributed by atoms with Gasteiger partial charge in [0.25, 0.3) is 0 Å². The van der Waals surface area contributed by atoms with Crippen molar-refractivity contribution in [1.82, 2.24) is 14.8 Å². The van der Waals surface area contributed by atoms with Gasteiger partial charge in [-0.3, -0.25) is 4.79 Å². The van der Waals surface area contributed by atoms with Gasteiger partial charge in [-0.2, -0.15) is 0 Å². The average molecular weight is 501 g/mol. The van der Waals surface area contributed by atoms with E-state index in [9.17, 15) is 9.59 Å². The van der Waals surface area contributed by atoms with Crippen LogP contribution in [0.15, 0.2) is 23.4 Å². The number of nitrogens with zero attached hydrogens (tertiary/aromatic N) is 3. The van der Waals surface area contributed by atoms with Crippen LogP contribution in [0.1, 0.15) is 50.6 Å². The van der Waals surface area contributed by atoms with Gasteiger partial charge in [0, 0.05) is 11.9 Å². The number of hydrogen-bond acceptors (Lipinski definition) is 8. The van der Waals surface area contributed by atoms with E-state index in [1.807, 2.05) is 37.6 Å². The van der Waals surface area contributed by atoms with E-state index in [1.54, 1.807) is 0 Å². The van der Waals surface area contributed by atoms with E-state index in [2.05, 4.69) is 21.6 Å². The van der Waals surface area contributed by atoms with Crippen LogP contribution in [-0.2, 0) is 36.0 Å². The Morgan fingerprint density at radius 2 is 1.88 bits per heavy atom. The van der Waals surface area contributed by atoms with E-state index in [0.717, 1.165) is 53.0 Å².